The summed E-state index contributed by atoms with van der Waals surface area (Å²) in [5, 5.41) is 6.63. The lowest BCUT2D eigenvalue weighted by atomic mass is 9.86. The molecule has 1 aliphatic heterocycles. The molecule has 3 heteroatoms. The van der Waals surface area contributed by atoms with Crippen LogP contribution in [0.4, 0.5) is 0 Å². The molecule has 0 spiro atoms. The van der Waals surface area contributed by atoms with Crippen molar-refractivity contribution in [3.8, 4) is 0 Å². The molecule has 3 atom stereocenters. The second-order valence-corrected chi connectivity index (χ2v) is 5.18. The summed E-state index contributed by atoms with van der Waals surface area (Å²) in [6.07, 6.45) is 7.08. The molecule has 0 bridgehead atoms. The van der Waals surface area contributed by atoms with Gasteiger partial charge < -0.3 is 10.6 Å². The van der Waals surface area contributed by atoms with Crippen LogP contribution in [0.1, 0.15) is 45.4 Å². The van der Waals surface area contributed by atoms with Gasteiger partial charge in [-0.25, -0.2) is 0 Å². The lowest BCUT2D eigenvalue weighted by Crippen LogP contribution is -2.50. The monoisotopic (exact) mass is 210 g/mol. The molecule has 0 aromatic rings. The Balaban J connectivity index is 1.74. The van der Waals surface area contributed by atoms with Gasteiger partial charge in [-0.2, -0.15) is 0 Å². The third-order valence-corrected chi connectivity index (χ3v) is 3.67. The van der Waals surface area contributed by atoms with Crippen molar-refractivity contribution in [1.29, 1.82) is 0 Å². The maximum Gasteiger partial charge on any atom is 0.220 e. The van der Waals surface area contributed by atoms with E-state index in [0.29, 0.717) is 18.5 Å². The van der Waals surface area contributed by atoms with E-state index in [1.807, 2.05) is 0 Å². The Labute approximate surface area is 92.0 Å². The van der Waals surface area contributed by atoms with E-state index < -0.39 is 0 Å². The van der Waals surface area contributed by atoms with Gasteiger partial charge in [-0.1, -0.05) is 19.8 Å². The van der Waals surface area contributed by atoms with Gasteiger partial charge in [0, 0.05) is 25.0 Å². The quantitative estimate of drug-likeness (QED) is 0.724. The number of piperidine rings is 1. The summed E-state index contributed by atoms with van der Waals surface area (Å²) in [7, 11) is 0. The summed E-state index contributed by atoms with van der Waals surface area (Å²) in [6.45, 7) is 3.17. The first-order valence-corrected chi connectivity index (χ1v) is 6.27. The molecule has 1 saturated carbocycles. The van der Waals surface area contributed by atoms with Crippen molar-refractivity contribution in [3.05, 3.63) is 0 Å². The summed E-state index contributed by atoms with van der Waals surface area (Å²) in [5.41, 5.74) is 0. The number of hydrogen-bond donors (Lipinski definition) is 2. The number of carbonyl (C=O) groups is 1. The van der Waals surface area contributed by atoms with Crippen LogP contribution < -0.4 is 10.6 Å². The van der Waals surface area contributed by atoms with Gasteiger partial charge in [-0.15, -0.1) is 0 Å². The zero-order valence-corrected chi connectivity index (χ0v) is 9.59. The van der Waals surface area contributed by atoms with Gasteiger partial charge in [0.2, 0.25) is 5.91 Å². The minimum absolute atomic E-state index is 0.213. The average molecular weight is 210 g/mol. The highest BCUT2D eigenvalue weighted by Crippen LogP contribution is 2.24. The van der Waals surface area contributed by atoms with Gasteiger partial charge in [0.05, 0.1) is 0 Å². The number of amides is 1. The van der Waals surface area contributed by atoms with E-state index in [1.54, 1.807) is 0 Å². The Morgan fingerprint density at radius 2 is 2.13 bits per heavy atom. The maximum absolute atomic E-state index is 11.0. The average Bonchev–Trinajstić information content (AvgIpc) is 2.22. The van der Waals surface area contributed by atoms with Crippen molar-refractivity contribution in [2.24, 2.45) is 5.92 Å². The van der Waals surface area contributed by atoms with Crippen LogP contribution in [0, 0.1) is 5.92 Å². The van der Waals surface area contributed by atoms with Gasteiger partial charge in [-0.05, 0) is 25.2 Å². The highest BCUT2D eigenvalue weighted by Gasteiger charge is 2.24. The normalized spacial score (nSPS) is 37.4. The second kappa shape index (κ2) is 4.97. The van der Waals surface area contributed by atoms with E-state index in [1.165, 1.54) is 25.7 Å². The standard InChI is InChI=1S/C12H22N2O/c1-9-3-2-4-10(7-9)14-11-5-6-12(15)13-8-11/h9-11,14H,2-8H2,1H3,(H,13,15). The topological polar surface area (TPSA) is 41.1 Å². The molecule has 0 radical (unpaired) electrons. The van der Waals surface area contributed by atoms with Crippen LogP contribution in [0.15, 0.2) is 0 Å². The second-order valence-electron chi connectivity index (χ2n) is 5.18. The third-order valence-electron chi connectivity index (χ3n) is 3.67. The number of hydrogen-bond acceptors (Lipinski definition) is 2. The van der Waals surface area contributed by atoms with Crippen molar-refractivity contribution >= 4 is 5.91 Å². The van der Waals surface area contributed by atoms with Crippen LogP contribution in [0.3, 0.4) is 0 Å². The lowest BCUT2D eigenvalue weighted by molar-refractivity contribution is -0.122. The summed E-state index contributed by atoms with van der Waals surface area (Å²) in [4.78, 5) is 11.0. The Morgan fingerprint density at radius 1 is 1.27 bits per heavy atom. The lowest BCUT2D eigenvalue weighted by Gasteiger charge is -2.33. The summed E-state index contributed by atoms with van der Waals surface area (Å²) in [6, 6.07) is 1.20. The number of nitrogens with one attached hydrogen (secondary N) is 2. The van der Waals surface area contributed by atoms with E-state index >= 15 is 0 Å². The Morgan fingerprint density at radius 3 is 2.80 bits per heavy atom. The van der Waals surface area contributed by atoms with Gasteiger partial charge in [0.25, 0.3) is 0 Å². The van der Waals surface area contributed by atoms with Gasteiger partial charge in [-0.3, -0.25) is 4.79 Å². The molecular weight excluding hydrogens is 188 g/mol. The first kappa shape index (κ1) is 10.9. The Bertz CT molecular complexity index is 220. The zero-order valence-electron chi connectivity index (χ0n) is 9.59. The zero-order chi connectivity index (χ0) is 10.7. The van der Waals surface area contributed by atoms with E-state index in [9.17, 15) is 4.79 Å². The predicted molar refractivity (Wildman–Crippen MR) is 60.6 cm³/mol. The van der Waals surface area contributed by atoms with Crippen molar-refractivity contribution in [1.82, 2.24) is 10.6 Å². The smallest absolute Gasteiger partial charge is 0.220 e. The summed E-state index contributed by atoms with van der Waals surface area (Å²) >= 11 is 0. The van der Waals surface area contributed by atoms with E-state index in [-0.39, 0.29) is 5.91 Å². The van der Waals surface area contributed by atoms with Crippen LogP contribution >= 0.6 is 0 Å². The van der Waals surface area contributed by atoms with Crippen LogP contribution in [0.25, 0.3) is 0 Å². The first-order chi connectivity index (χ1) is 7.24. The molecule has 1 heterocycles. The molecule has 1 aliphatic carbocycles. The molecule has 2 aliphatic rings. The molecule has 86 valence electrons. The molecule has 1 saturated heterocycles. The summed E-state index contributed by atoms with van der Waals surface area (Å²) in [5.74, 6) is 1.08. The Hall–Kier alpha value is -0.570. The number of carbonyl (C=O) groups excluding carboxylic acids is 1. The first-order valence-electron chi connectivity index (χ1n) is 6.27. The summed E-state index contributed by atoms with van der Waals surface area (Å²) < 4.78 is 0. The van der Waals surface area contributed by atoms with Gasteiger partial charge in [0.15, 0.2) is 0 Å². The molecule has 0 aromatic heterocycles. The van der Waals surface area contributed by atoms with Crippen LogP contribution in [0.2, 0.25) is 0 Å². The fourth-order valence-electron chi connectivity index (χ4n) is 2.79. The fraction of sp³-hybridized carbons (Fsp3) is 0.917. The molecule has 2 fully saturated rings. The molecule has 1 amide bonds. The van der Waals surface area contributed by atoms with Gasteiger partial charge in [0.1, 0.15) is 0 Å². The predicted octanol–water partition coefficient (Wildman–Crippen LogP) is 1.43. The Kier molecular flexibility index (Phi) is 3.62. The van der Waals surface area contributed by atoms with Crippen LogP contribution in [-0.4, -0.2) is 24.5 Å². The van der Waals surface area contributed by atoms with Gasteiger partial charge >= 0.3 is 0 Å². The molecule has 0 aromatic carbocycles. The highest BCUT2D eigenvalue weighted by molar-refractivity contribution is 5.76. The minimum atomic E-state index is 0.213. The molecular formula is C12H22N2O. The third kappa shape index (κ3) is 3.20. The van der Waals surface area contributed by atoms with Crippen LogP contribution in [0.5, 0.6) is 0 Å². The minimum Gasteiger partial charge on any atom is -0.355 e. The molecule has 3 nitrogen and oxygen atoms in total. The SMILES string of the molecule is CC1CCCC(NC2CCC(=O)NC2)C1. The number of rotatable bonds is 2. The van der Waals surface area contributed by atoms with Crippen molar-refractivity contribution in [2.75, 3.05) is 6.54 Å². The fourth-order valence-corrected chi connectivity index (χ4v) is 2.79. The molecule has 15 heavy (non-hydrogen) atoms. The largest absolute Gasteiger partial charge is 0.355 e. The van der Waals surface area contributed by atoms with E-state index in [2.05, 4.69) is 17.6 Å². The molecule has 2 N–H and O–H groups in total. The van der Waals surface area contributed by atoms with Crippen molar-refractivity contribution < 1.29 is 4.79 Å². The van der Waals surface area contributed by atoms with Crippen LogP contribution in [-0.2, 0) is 4.79 Å². The van der Waals surface area contributed by atoms with E-state index in [0.717, 1.165) is 18.9 Å². The highest BCUT2D eigenvalue weighted by atomic mass is 16.1. The molecule has 3 unspecified atom stereocenters. The van der Waals surface area contributed by atoms with E-state index in [4.69, 9.17) is 0 Å². The molecule has 2 rings (SSSR count). The van der Waals surface area contributed by atoms with Crippen molar-refractivity contribution in [3.63, 3.8) is 0 Å². The maximum atomic E-state index is 11.0. The van der Waals surface area contributed by atoms with Crippen molar-refractivity contribution in [2.45, 2.75) is 57.5 Å².